The topological polar surface area (TPSA) is 122 Å². The molecule has 3 rings (SSSR count). The van der Waals surface area contributed by atoms with Crippen molar-refractivity contribution in [2.75, 3.05) is 10.8 Å². The predicted molar refractivity (Wildman–Crippen MR) is 121 cm³/mol. The second kappa shape index (κ2) is 9.84. The van der Waals surface area contributed by atoms with Gasteiger partial charge in [-0.1, -0.05) is 48.0 Å². The lowest BCUT2D eigenvalue weighted by Crippen LogP contribution is -2.39. The molecule has 0 aliphatic carbocycles. The summed E-state index contributed by atoms with van der Waals surface area (Å²) in [6, 6.07) is 20.3. The molecule has 0 spiro atoms. The van der Waals surface area contributed by atoms with Crippen LogP contribution in [0.15, 0.2) is 88.9 Å². The van der Waals surface area contributed by atoms with Gasteiger partial charge in [0.25, 0.3) is 21.6 Å². The van der Waals surface area contributed by atoms with Crippen molar-refractivity contribution in [3.63, 3.8) is 0 Å². The molecule has 0 saturated carbocycles. The number of rotatable bonds is 8. The Bertz CT molecular complexity index is 1240. The minimum atomic E-state index is -4.01. The summed E-state index contributed by atoms with van der Waals surface area (Å²) in [5, 5.41) is 14.6. The van der Waals surface area contributed by atoms with Gasteiger partial charge >= 0.3 is 0 Å². The number of nitro benzene ring substituents is 1. The van der Waals surface area contributed by atoms with E-state index in [4.69, 9.17) is 0 Å². The molecule has 10 heteroatoms. The van der Waals surface area contributed by atoms with E-state index in [-0.39, 0.29) is 10.6 Å². The Labute approximate surface area is 185 Å². The van der Waals surface area contributed by atoms with E-state index in [9.17, 15) is 23.3 Å². The molecule has 0 aromatic heterocycles. The molecule has 0 heterocycles. The van der Waals surface area contributed by atoms with Gasteiger partial charge in [-0.05, 0) is 31.2 Å². The van der Waals surface area contributed by atoms with Gasteiger partial charge in [-0.25, -0.2) is 13.8 Å². The molecule has 0 radical (unpaired) electrons. The summed E-state index contributed by atoms with van der Waals surface area (Å²) in [7, 11) is -4.01. The molecule has 0 bridgehead atoms. The molecule has 0 aliphatic heterocycles. The Morgan fingerprint density at radius 1 is 1.06 bits per heavy atom. The highest BCUT2D eigenvalue weighted by Crippen LogP contribution is 2.23. The number of carbonyl (C=O) groups is 1. The van der Waals surface area contributed by atoms with Crippen molar-refractivity contribution in [3.8, 4) is 0 Å². The molecule has 1 amide bonds. The van der Waals surface area contributed by atoms with Gasteiger partial charge in [0.1, 0.15) is 6.54 Å². The van der Waals surface area contributed by atoms with Crippen LogP contribution < -0.4 is 9.73 Å². The van der Waals surface area contributed by atoms with Crippen LogP contribution in [0.4, 0.5) is 11.4 Å². The van der Waals surface area contributed by atoms with Crippen LogP contribution in [0.1, 0.15) is 11.1 Å². The first-order valence-electron chi connectivity index (χ1n) is 9.48. The number of amides is 1. The van der Waals surface area contributed by atoms with Crippen LogP contribution in [0.2, 0.25) is 0 Å². The molecule has 0 aliphatic rings. The quantitative estimate of drug-likeness (QED) is 0.319. The molecular formula is C22H20N4O5S. The first-order chi connectivity index (χ1) is 15.3. The summed E-state index contributed by atoms with van der Waals surface area (Å²) in [6.45, 7) is 1.36. The molecule has 1 N–H and O–H groups in total. The third-order valence-corrected chi connectivity index (χ3v) is 6.21. The lowest BCUT2D eigenvalue weighted by Gasteiger charge is -2.23. The van der Waals surface area contributed by atoms with Crippen molar-refractivity contribution in [3.05, 3.63) is 100 Å². The number of carbonyl (C=O) groups excluding carboxylic acids is 1. The number of hydrogen-bond acceptors (Lipinski definition) is 6. The minimum Gasteiger partial charge on any atom is -0.271 e. The maximum atomic E-state index is 13.2. The second-order valence-corrected chi connectivity index (χ2v) is 8.67. The lowest BCUT2D eigenvalue weighted by atomic mass is 10.2. The number of hydrogen-bond donors (Lipinski definition) is 1. The van der Waals surface area contributed by atoms with Crippen LogP contribution in [-0.4, -0.2) is 32.0 Å². The van der Waals surface area contributed by atoms with Crippen LogP contribution in [0.3, 0.4) is 0 Å². The van der Waals surface area contributed by atoms with Gasteiger partial charge in [-0.15, -0.1) is 0 Å². The van der Waals surface area contributed by atoms with Crippen LogP contribution in [-0.2, 0) is 14.8 Å². The second-order valence-electron chi connectivity index (χ2n) is 6.81. The van der Waals surface area contributed by atoms with Gasteiger partial charge in [0.15, 0.2) is 0 Å². The third kappa shape index (κ3) is 5.55. The fraction of sp³-hybridized carbons (Fsp3) is 0.0909. The number of sulfonamides is 1. The molecule has 9 nitrogen and oxygen atoms in total. The average Bonchev–Trinajstić information content (AvgIpc) is 2.79. The van der Waals surface area contributed by atoms with E-state index >= 15 is 0 Å². The molecule has 0 saturated heterocycles. The highest BCUT2D eigenvalue weighted by molar-refractivity contribution is 7.92. The van der Waals surface area contributed by atoms with Gasteiger partial charge in [0, 0.05) is 17.7 Å². The molecule has 3 aromatic rings. The zero-order valence-corrected chi connectivity index (χ0v) is 17.9. The van der Waals surface area contributed by atoms with Crippen molar-refractivity contribution in [1.82, 2.24) is 5.43 Å². The number of benzene rings is 3. The summed E-state index contributed by atoms with van der Waals surface area (Å²) in [6.07, 6.45) is 1.24. The summed E-state index contributed by atoms with van der Waals surface area (Å²) in [4.78, 5) is 22.9. The zero-order valence-electron chi connectivity index (χ0n) is 17.1. The summed E-state index contributed by atoms with van der Waals surface area (Å²) in [5.41, 5.74) is 3.84. The number of nitrogens with zero attached hydrogens (tertiary/aromatic N) is 3. The fourth-order valence-electron chi connectivity index (χ4n) is 2.81. The molecule has 164 valence electrons. The number of aryl methyl sites for hydroxylation is 1. The highest BCUT2D eigenvalue weighted by atomic mass is 32.2. The van der Waals surface area contributed by atoms with E-state index in [1.165, 1.54) is 36.5 Å². The van der Waals surface area contributed by atoms with E-state index in [1.807, 2.05) is 6.92 Å². The normalized spacial score (nSPS) is 11.3. The van der Waals surface area contributed by atoms with Crippen molar-refractivity contribution in [2.24, 2.45) is 5.10 Å². The summed E-state index contributed by atoms with van der Waals surface area (Å²) < 4.78 is 27.4. The Hall–Kier alpha value is -4.05. The maximum Gasteiger partial charge on any atom is 0.270 e. The van der Waals surface area contributed by atoms with Crippen molar-refractivity contribution in [2.45, 2.75) is 11.8 Å². The zero-order chi connectivity index (χ0) is 23.1. The SMILES string of the molecule is Cc1ccc(N(CC(=O)N/N=C\c2cccc([N+](=O)[O-])c2)S(=O)(=O)c2ccccc2)cc1. The van der Waals surface area contributed by atoms with Crippen LogP contribution in [0.5, 0.6) is 0 Å². The first kappa shape index (κ1) is 22.6. The van der Waals surface area contributed by atoms with Gasteiger partial charge < -0.3 is 0 Å². The van der Waals surface area contributed by atoms with E-state index in [1.54, 1.807) is 48.5 Å². The number of hydrazone groups is 1. The van der Waals surface area contributed by atoms with E-state index in [2.05, 4.69) is 10.5 Å². The maximum absolute atomic E-state index is 13.2. The highest BCUT2D eigenvalue weighted by Gasteiger charge is 2.27. The van der Waals surface area contributed by atoms with Crippen LogP contribution >= 0.6 is 0 Å². The Balaban J connectivity index is 1.80. The van der Waals surface area contributed by atoms with Crippen molar-refractivity contribution < 1.29 is 18.1 Å². The van der Waals surface area contributed by atoms with Crippen LogP contribution in [0.25, 0.3) is 0 Å². The van der Waals surface area contributed by atoms with Crippen molar-refractivity contribution in [1.29, 1.82) is 0 Å². The minimum absolute atomic E-state index is 0.0495. The number of anilines is 1. The fourth-order valence-corrected chi connectivity index (χ4v) is 4.25. The molecule has 32 heavy (non-hydrogen) atoms. The van der Waals surface area contributed by atoms with E-state index < -0.39 is 27.4 Å². The number of non-ortho nitro benzene ring substituents is 1. The standard InChI is InChI=1S/C22H20N4O5S/c1-17-10-12-19(13-11-17)25(32(30,31)21-8-3-2-4-9-21)16-22(27)24-23-15-18-6-5-7-20(14-18)26(28)29/h2-15H,16H2,1H3,(H,24,27)/b23-15-. The van der Waals surface area contributed by atoms with E-state index in [0.29, 0.717) is 11.3 Å². The smallest absolute Gasteiger partial charge is 0.270 e. The number of nitro groups is 1. The Morgan fingerprint density at radius 3 is 2.41 bits per heavy atom. The Morgan fingerprint density at radius 2 is 1.75 bits per heavy atom. The third-order valence-electron chi connectivity index (χ3n) is 4.42. The van der Waals surface area contributed by atoms with E-state index in [0.717, 1.165) is 9.87 Å². The van der Waals surface area contributed by atoms with Gasteiger partial charge in [0.2, 0.25) is 0 Å². The summed E-state index contributed by atoms with van der Waals surface area (Å²) >= 11 is 0. The first-order valence-corrected chi connectivity index (χ1v) is 10.9. The lowest BCUT2D eigenvalue weighted by molar-refractivity contribution is -0.384. The molecular weight excluding hydrogens is 432 g/mol. The largest absolute Gasteiger partial charge is 0.271 e. The van der Waals surface area contributed by atoms with Gasteiger partial charge in [-0.3, -0.25) is 19.2 Å². The van der Waals surface area contributed by atoms with Crippen LogP contribution in [0, 0.1) is 17.0 Å². The Kier molecular flexibility index (Phi) is 6.96. The van der Waals surface area contributed by atoms with Crippen molar-refractivity contribution >= 4 is 33.5 Å². The van der Waals surface area contributed by atoms with Gasteiger partial charge in [-0.2, -0.15) is 5.10 Å². The van der Waals surface area contributed by atoms with Gasteiger partial charge in [0.05, 0.1) is 21.7 Å². The molecule has 3 aromatic carbocycles. The summed E-state index contributed by atoms with van der Waals surface area (Å²) in [5.74, 6) is -0.674. The molecule has 0 unspecified atom stereocenters. The predicted octanol–water partition coefficient (Wildman–Crippen LogP) is 3.25. The molecule has 0 fully saturated rings. The number of nitrogens with one attached hydrogen (secondary N) is 1. The molecule has 0 atom stereocenters. The average molecular weight is 452 g/mol. The monoisotopic (exact) mass is 452 g/mol.